The van der Waals surface area contributed by atoms with Crippen LogP contribution in [0, 0.1) is 17.8 Å². The van der Waals surface area contributed by atoms with Crippen molar-refractivity contribution in [2.45, 2.75) is 84.3 Å². The van der Waals surface area contributed by atoms with Gasteiger partial charge in [0.15, 0.2) is 5.78 Å². The van der Waals surface area contributed by atoms with E-state index in [1.165, 1.54) is 7.11 Å². The van der Waals surface area contributed by atoms with E-state index in [4.69, 9.17) is 16.2 Å². The van der Waals surface area contributed by atoms with Crippen LogP contribution in [0.15, 0.2) is 60.7 Å². The second kappa shape index (κ2) is 21.9. The first-order valence-corrected chi connectivity index (χ1v) is 18.7. The number of likely N-dealkylation sites (tertiary alicyclic amines) is 1. The zero-order valence-electron chi connectivity index (χ0n) is 31.5. The molecule has 0 bridgehead atoms. The number of nitrogens with one attached hydrogen (secondary N) is 1. The number of ether oxygens (including phenoxy) is 1. The summed E-state index contributed by atoms with van der Waals surface area (Å²) in [5.41, 5.74) is 13.4. The summed E-state index contributed by atoms with van der Waals surface area (Å²) in [7, 11) is 1.36. The van der Waals surface area contributed by atoms with Crippen molar-refractivity contribution in [3.63, 3.8) is 0 Å². The van der Waals surface area contributed by atoms with Gasteiger partial charge in [-0.25, -0.2) is 4.79 Å². The summed E-state index contributed by atoms with van der Waals surface area (Å²) in [6.07, 6.45) is 2.14. The molecule has 0 aliphatic carbocycles. The molecule has 1 saturated heterocycles. The lowest BCUT2D eigenvalue weighted by Crippen LogP contribution is -2.50. The fourth-order valence-electron chi connectivity index (χ4n) is 6.82. The first kappa shape index (κ1) is 42.1. The van der Waals surface area contributed by atoms with Gasteiger partial charge in [-0.2, -0.15) is 0 Å². The summed E-state index contributed by atoms with van der Waals surface area (Å²) in [4.78, 5) is 72.6. The fourth-order valence-corrected chi connectivity index (χ4v) is 6.82. The van der Waals surface area contributed by atoms with Crippen LogP contribution in [0.3, 0.4) is 0 Å². The van der Waals surface area contributed by atoms with Gasteiger partial charge in [0.2, 0.25) is 17.7 Å². The van der Waals surface area contributed by atoms with Gasteiger partial charge in [-0.3, -0.25) is 19.2 Å². The number of benzene rings is 2. The minimum absolute atomic E-state index is 0.0230. The van der Waals surface area contributed by atoms with Gasteiger partial charge in [-0.1, -0.05) is 81.4 Å². The summed E-state index contributed by atoms with van der Waals surface area (Å²) < 4.78 is 4.98. The molecule has 3 atom stereocenters. The Balaban J connectivity index is 1.69. The molecule has 0 saturated carbocycles. The van der Waals surface area contributed by atoms with Crippen LogP contribution in [0.5, 0.6) is 0 Å². The van der Waals surface area contributed by atoms with Gasteiger partial charge < -0.3 is 36.2 Å². The lowest BCUT2D eigenvalue weighted by atomic mass is 9.90. The highest BCUT2D eigenvalue weighted by molar-refractivity contribution is 5.94. The molecule has 0 spiro atoms. The number of rotatable bonds is 20. The molecule has 1 heterocycles. The van der Waals surface area contributed by atoms with E-state index < -0.39 is 24.0 Å². The lowest BCUT2D eigenvalue weighted by Gasteiger charge is -2.38. The molecule has 52 heavy (non-hydrogen) atoms. The molecule has 4 amide bonds. The van der Waals surface area contributed by atoms with Crippen LogP contribution >= 0.6 is 0 Å². The maximum absolute atomic E-state index is 14.0. The molecule has 12 nitrogen and oxygen atoms in total. The number of nitrogens with two attached hydrogens (primary N) is 2. The minimum Gasteiger partial charge on any atom is -0.453 e. The van der Waals surface area contributed by atoms with Gasteiger partial charge in [-0.05, 0) is 55.7 Å². The quantitative estimate of drug-likeness (QED) is 0.186. The standard InChI is InChI=1S/C40H60N6O6/c1-29(2)24-35(36(47)25-30(3)39(50)44-21-16-34(17-22-44)46(20-11-18-41)40(51)52-4)43-38(49)33(26-31-12-7-5-8-13-31)27-37(48)45(23-19-42)28-32-14-9-6-10-15-32/h5-10,12-15,29-30,33-35H,11,16-28,41-42H2,1-4H3,(H,43,49)/t30-,33-,35+/m0/s1. The molecule has 0 radical (unpaired) electrons. The van der Waals surface area contributed by atoms with Crippen molar-refractivity contribution in [1.29, 1.82) is 0 Å². The van der Waals surface area contributed by atoms with E-state index in [0.717, 1.165) is 11.1 Å². The average molecular weight is 721 g/mol. The van der Waals surface area contributed by atoms with E-state index in [2.05, 4.69) is 5.32 Å². The van der Waals surface area contributed by atoms with Gasteiger partial charge in [-0.15, -0.1) is 0 Å². The maximum Gasteiger partial charge on any atom is 0.409 e. The van der Waals surface area contributed by atoms with Crippen molar-refractivity contribution in [3.05, 3.63) is 71.8 Å². The van der Waals surface area contributed by atoms with Crippen LogP contribution in [0.2, 0.25) is 0 Å². The summed E-state index contributed by atoms with van der Waals surface area (Å²) in [6, 6.07) is 18.3. The molecule has 0 aromatic heterocycles. The average Bonchev–Trinajstić information content (AvgIpc) is 3.14. The highest BCUT2D eigenvalue weighted by atomic mass is 16.5. The highest BCUT2D eigenvalue weighted by Gasteiger charge is 2.34. The summed E-state index contributed by atoms with van der Waals surface area (Å²) in [5.74, 6) is -2.11. The molecule has 3 rings (SSSR count). The number of piperidine rings is 1. The highest BCUT2D eigenvalue weighted by Crippen LogP contribution is 2.22. The van der Waals surface area contributed by atoms with E-state index in [1.807, 2.05) is 74.5 Å². The molecule has 1 aliphatic heterocycles. The van der Waals surface area contributed by atoms with E-state index in [0.29, 0.717) is 71.4 Å². The Morgan fingerprint density at radius 3 is 2.04 bits per heavy atom. The van der Waals surface area contributed by atoms with Crippen LogP contribution in [-0.2, 0) is 36.9 Å². The number of hydrogen-bond acceptors (Lipinski definition) is 8. The normalized spacial score (nSPS) is 15.0. The lowest BCUT2D eigenvalue weighted by molar-refractivity contribution is -0.140. The SMILES string of the molecule is COC(=O)N(CCCN)C1CCN(C(=O)[C@@H](C)CC(=O)[C@@H](CC(C)C)NC(=O)[C@H](CC(=O)N(CCN)Cc2ccccc2)Cc2ccccc2)CC1. The molecule has 286 valence electrons. The summed E-state index contributed by atoms with van der Waals surface area (Å²) >= 11 is 0. The van der Waals surface area contributed by atoms with E-state index >= 15 is 0 Å². The Kier molecular flexibility index (Phi) is 17.8. The molecule has 2 aromatic rings. The number of nitrogens with zero attached hydrogens (tertiary/aromatic N) is 3. The number of Topliss-reactive ketones (excluding diaryl/α,β-unsaturated/α-hetero) is 1. The van der Waals surface area contributed by atoms with Gasteiger partial charge >= 0.3 is 6.09 Å². The van der Waals surface area contributed by atoms with Crippen molar-refractivity contribution in [2.24, 2.45) is 29.2 Å². The topological polar surface area (TPSA) is 168 Å². The zero-order valence-corrected chi connectivity index (χ0v) is 31.5. The Morgan fingerprint density at radius 1 is 0.865 bits per heavy atom. The van der Waals surface area contributed by atoms with Crippen molar-refractivity contribution in [1.82, 2.24) is 20.0 Å². The molecule has 1 aliphatic rings. The third-order valence-corrected chi connectivity index (χ3v) is 9.66. The number of hydrogen-bond donors (Lipinski definition) is 3. The predicted octanol–water partition coefficient (Wildman–Crippen LogP) is 3.76. The predicted molar refractivity (Wildman–Crippen MR) is 202 cm³/mol. The van der Waals surface area contributed by atoms with E-state index in [1.54, 1.807) is 21.6 Å². The molecular formula is C40H60N6O6. The van der Waals surface area contributed by atoms with E-state index in [9.17, 15) is 24.0 Å². The number of ketones is 1. The Hall–Kier alpha value is -4.29. The zero-order chi connectivity index (χ0) is 38.0. The van der Waals surface area contributed by atoms with Crippen LogP contribution in [0.4, 0.5) is 4.79 Å². The van der Waals surface area contributed by atoms with Gasteiger partial charge in [0, 0.05) is 64.1 Å². The second-order valence-electron chi connectivity index (χ2n) is 14.3. The monoisotopic (exact) mass is 720 g/mol. The Bertz CT molecular complexity index is 1420. The molecule has 1 fully saturated rings. The van der Waals surface area contributed by atoms with Crippen molar-refractivity contribution in [3.8, 4) is 0 Å². The van der Waals surface area contributed by atoms with Crippen LogP contribution in [0.1, 0.15) is 70.4 Å². The number of methoxy groups -OCH3 is 1. The third kappa shape index (κ3) is 13.4. The summed E-state index contributed by atoms with van der Waals surface area (Å²) in [6.45, 7) is 8.61. The summed E-state index contributed by atoms with van der Waals surface area (Å²) in [5, 5.41) is 3.00. The minimum atomic E-state index is -0.803. The van der Waals surface area contributed by atoms with E-state index in [-0.39, 0.29) is 54.9 Å². The fraction of sp³-hybridized carbons (Fsp3) is 0.575. The second-order valence-corrected chi connectivity index (χ2v) is 14.3. The Morgan fingerprint density at radius 2 is 1.48 bits per heavy atom. The van der Waals surface area contributed by atoms with Gasteiger partial charge in [0.05, 0.1) is 19.1 Å². The van der Waals surface area contributed by atoms with Gasteiger partial charge in [0.1, 0.15) is 0 Å². The first-order chi connectivity index (χ1) is 25.0. The number of carbonyl (C=O) groups is 5. The molecular weight excluding hydrogens is 660 g/mol. The molecule has 2 aromatic carbocycles. The first-order valence-electron chi connectivity index (χ1n) is 18.7. The smallest absolute Gasteiger partial charge is 0.409 e. The number of carbonyl (C=O) groups excluding carboxylic acids is 5. The third-order valence-electron chi connectivity index (χ3n) is 9.66. The molecule has 12 heteroatoms. The molecule has 0 unspecified atom stereocenters. The van der Waals surface area contributed by atoms with Crippen LogP contribution in [0.25, 0.3) is 0 Å². The van der Waals surface area contributed by atoms with Crippen molar-refractivity contribution >= 4 is 29.6 Å². The van der Waals surface area contributed by atoms with Crippen molar-refractivity contribution in [2.75, 3.05) is 46.4 Å². The largest absolute Gasteiger partial charge is 0.453 e. The number of amides is 4. The Labute approximate surface area is 309 Å². The maximum atomic E-state index is 14.0. The van der Waals surface area contributed by atoms with Crippen LogP contribution in [-0.4, -0.2) is 103 Å². The van der Waals surface area contributed by atoms with Crippen LogP contribution < -0.4 is 16.8 Å². The van der Waals surface area contributed by atoms with Crippen molar-refractivity contribution < 1.29 is 28.7 Å². The molecule has 5 N–H and O–H groups in total. The van der Waals surface area contributed by atoms with Gasteiger partial charge in [0.25, 0.3) is 0 Å².